The summed E-state index contributed by atoms with van der Waals surface area (Å²) in [5.74, 6) is -0.000239. The van der Waals surface area contributed by atoms with Crippen molar-refractivity contribution in [3.63, 3.8) is 0 Å². The van der Waals surface area contributed by atoms with E-state index in [1.165, 1.54) is 20.0 Å². The molecule has 8 nitrogen and oxygen atoms in total. The highest BCUT2D eigenvalue weighted by atomic mass is 32.2. The molecule has 0 radical (unpaired) electrons. The van der Waals surface area contributed by atoms with Crippen LogP contribution in [0.5, 0.6) is 0 Å². The number of carbonyl (C=O) groups is 1. The van der Waals surface area contributed by atoms with Crippen molar-refractivity contribution in [1.29, 1.82) is 0 Å². The molecule has 3 rings (SSSR count). The monoisotopic (exact) mass is 315 g/mol. The molecule has 2 N–H and O–H groups in total. The largest absolute Gasteiger partial charge is 0.371 e. The van der Waals surface area contributed by atoms with Gasteiger partial charge in [0.1, 0.15) is 0 Å². The molecule has 2 aromatic heterocycles. The molecule has 3 heterocycles. The first-order valence-electron chi connectivity index (χ1n) is 5.94. The Morgan fingerprint density at radius 2 is 2.30 bits per heavy atom. The molecule has 108 valence electrons. The number of nitrogens with zero attached hydrogens (tertiary/aromatic N) is 3. The smallest absolute Gasteiger partial charge is 0.263 e. The van der Waals surface area contributed by atoms with Gasteiger partial charge in [0.2, 0.25) is 5.91 Å². The average molecular weight is 315 g/mol. The van der Waals surface area contributed by atoms with Gasteiger partial charge in [-0.2, -0.15) is 4.31 Å². The maximum atomic E-state index is 12.7. The van der Waals surface area contributed by atoms with Crippen LogP contribution in [0.25, 0.3) is 4.96 Å². The number of amides is 1. The number of piperazine rings is 1. The van der Waals surface area contributed by atoms with Crippen LogP contribution in [0.1, 0.15) is 0 Å². The summed E-state index contributed by atoms with van der Waals surface area (Å²) in [6.07, 6.45) is 1.66. The molecule has 0 saturated carbocycles. The molecule has 0 bridgehead atoms. The summed E-state index contributed by atoms with van der Waals surface area (Å²) in [5.41, 5.74) is 0. The van der Waals surface area contributed by atoms with Crippen LogP contribution in [0.4, 0.5) is 5.82 Å². The van der Waals surface area contributed by atoms with Crippen LogP contribution in [0.15, 0.2) is 16.6 Å². The van der Waals surface area contributed by atoms with Crippen molar-refractivity contribution in [3.05, 3.63) is 11.6 Å². The minimum absolute atomic E-state index is 0.0750. The third kappa shape index (κ3) is 1.96. The number of thiazole rings is 1. The number of fused-ring (bicyclic) bond motifs is 1. The normalized spacial score (nSPS) is 17.4. The van der Waals surface area contributed by atoms with Gasteiger partial charge in [0.15, 0.2) is 15.8 Å². The lowest BCUT2D eigenvalue weighted by Crippen LogP contribution is -2.50. The summed E-state index contributed by atoms with van der Waals surface area (Å²) >= 11 is 1.35. The molecule has 1 fully saturated rings. The Morgan fingerprint density at radius 3 is 3.00 bits per heavy atom. The van der Waals surface area contributed by atoms with Crippen molar-refractivity contribution in [3.8, 4) is 0 Å². The Bertz CT molecular complexity index is 763. The Kier molecular flexibility index (Phi) is 3.15. The molecule has 0 aliphatic carbocycles. The van der Waals surface area contributed by atoms with Crippen molar-refractivity contribution in [1.82, 2.24) is 19.0 Å². The highest BCUT2D eigenvalue weighted by molar-refractivity contribution is 7.89. The van der Waals surface area contributed by atoms with Gasteiger partial charge in [-0.05, 0) is 0 Å². The predicted octanol–water partition coefficient (Wildman–Crippen LogP) is -0.442. The molecule has 0 aromatic carbocycles. The quantitative estimate of drug-likeness (QED) is 0.800. The van der Waals surface area contributed by atoms with E-state index in [1.807, 2.05) is 0 Å². The van der Waals surface area contributed by atoms with Crippen LogP contribution in [-0.4, -0.2) is 54.7 Å². The zero-order valence-electron chi connectivity index (χ0n) is 10.7. The minimum Gasteiger partial charge on any atom is -0.371 e. The lowest BCUT2D eigenvalue weighted by molar-refractivity contribution is -0.122. The number of nitrogens with one attached hydrogen (secondary N) is 2. The van der Waals surface area contributed by atoms with E-state index in [9.17, 15) is 13.2 Å². The van der Waals surface area contributed by atoms with Gasteiger partial charge in [-0.1, -0.05) is 0 Å². The third-order valence-corrected chi connectivity index (χ3v) is 5.67. The van der Waals surface area contributed by atoms with Crippen molar-refractivity contribution in [2.75, 3.05) is 32.0 Å². The van der Waals surface area contributed by atoms with Gasteiger partial charge in [0.05, 0.1) is 6.54 Å². The molecule has 1 saturated heterocycles. The van der Waals surface area contributed by atoms with E-state index >= 15 is 0 Å². The second kappa shape index (κ2) is 4.72. The SMILES string of the molecule is CNc1nc2sccn2c1S(=O)(=O)N1CCNC(=O)C1. The highest BCUT2D eigenvalue weighted by Crippen LogP contribution is 2.28. The molecular formula is C10H13N5O3S2. The van der Waals surface area contributed by atoms with Crippen molar-refractivity contribution in [2.45, 2.75) is 5.03 Å². The number of aromatic nitrogens is 2. The molecule has 20 heavy (non-hydrogen) atoms. The van der Waals surface area contributed by atoms with Gasteiger partial charge in [-0.15, -0.1) is 11.3 Å². The fraction of sp³-hybridized carbons (Fsp3) is 0.400. The molecule has 10 heteroatoms. The van der Waals surface area contributed by atoms with Gasteiger partial charge in [0, 0.05) is 31.7 Å². The molecule has 0 spiro atoms. The van der Waals surface area contributed by atoms with Crippen molar-refractivity contribution < 1.29 is 13.2 Å². The average Bonchev–Trinajstić information content (AvgIpc) is 2.97. The van der Waals surface area contributed by atoms with E-state index in [1.54, 1.807) is 18.6 Å². The Morgan fingerprint density at radius 1 is 1.50 bits per heavy atom. The number of hydrogen-bond acceptors (Lipinski definition) is 6. The topological polar surface area (TPSA) is 95.8 Å². The third-order valence-electron chi connectivity index (χ3n) is 3.04. The molecule has 1 amide bonds. The van der Waals surface area contributed by atoms with Crippen molar-refractivity contribution in [2.24, 2.45) is 0 Å². The van der Waals surface area contributed by atoms with E-state index < -0.39 is 10.0 Å². The number of anilines is 1. The maximum absolute atomic E-state index is 12.7. The number of carbonyl (C=O) groups excluding carboxylic acids is 1. The Labute approximate surface area is 119 Å². The van der Waals surface area contributed by atoms with Crippen molar-refractivity contribution >= 4 is 38.0 Å². The standard InChI is InChI=1S/C10H13N5O3S2/c1-11-8-9(15-4-5-19-10(15)13-8)20(17,18)14-3-2-12-7(16)6-14/h4-5,11H,2-3,6H2,1H3,(H,12,16). The number of hydrogen-bond donors (Lipinski definition) is 2. The van der Waals surface area contributed by atoms with Crippen LogP contribution in [0.3, 0.4) is 0 Å². The van der Waals surface area contributed by atoms with Gasteiger partial charge < -0.3 is 10.6 Å². The summed E-state index contributed by atoms with van der Waals surface area (Å²) in [5, 5.41) is 7.25. The fourth-order valence-corrected chi connectivity index (χ4v) is 4.54. The summed E-state index contributed by atoms with van der Waals surface area (Å²) in [6, 6.07) is 0. The summed E-state index contributed by atoms with van der Waals surface area (Å²) in [6.45, 7) is 0.413. The van der Waals surface area contributed by atoms with Gasteiger partial charge in [-0.25, -0.2) is 13.4 Å². The van der Waals surface area contributed by atoms with Crippen LogP contribution < -0.4 is 10.6 Å². The number of sulfonamides is 1. The van der Waals surface area contributed by atoms with Crippen LogP contribution >= 0.6 is 11.3 Å². The van der Waals surface area contributed by atoms with Gasteiger partial charge >= 0.3 is 0 Å². The molecule has 1 aliphatic heterocycles. The van der Waals surface area contributed by atoms with E-state index in [2.05, 4.69) is 15.6 Å². The second-order valence-electron chi connectivity index (χ2n) is 4.26. The lowest BCUT2D eigenvalue weighted by atomic mass is 10.4. The fourth-order valence-electron chi connectivity index (χ4n) is 2.12. The minimum atomic E-state index is -3.77. The molecule has 0 unspecified atom stereocenters. The van der Waals surface area contributed by atoms with E-state index in [-0.39, 0.29) is 24.0 Å². The first-order valence-corrected chi connectivity index (χ1v) is 8.26. The van der Waals surface area contributed by atoms with Gasteiger partial charge in [-0.3, -0.25) is 9.20 Å². The maximum Gasteiger partial charge on any atom is 0.263 e. The van der Waals surface area contributed by atoms with E-state index in [4.69, 9.17) is 0 Å². The summed E-state index contributed by atoms with van der Waals surface area (Å²) < 4.78 is 28.2. The second-order valence-corrected chi connectivity index (χ2v) is 6.99. The highest BCUT2D eigenvalue weighted by Gasteiger charge is 2.34. The molecule has 0 atom stereocenters. The first kappa shape index (κ1) is 13.3. The van der Waals surface area contributed by atoms with Crippen LogP contribution in [0.2, 0.25) is 0 Å². The predicted molar refractivity (Wildman–Crippen MR) is 74.4 cm³/mol. The first-order chi connectivity index (χ1) is 9.54. The molecular weight excluding hydrogens is 302 g/mol. The van der Waals surface area contributed by atoms with Gasteiger partial charge in [0.25, 0.3) is 10.0 Å². The molecule has 2 aromatic rings. The summed E-state index contributed by atoms with van der Waals surface area (Å²) in [7, 11) is -2.15. The zero-order chi connectivity index (χ0) is 14.3. The Balaban J connectivity index is 2.12. The molecule has 1 aliphatic rings. The van der Waals surface area contributed by atoms with E-state index in [0.717, 1.165) is 0 Å². The number of imidazole rings is 1. The van der Waals surface area contributed by atoms with Crippen LogP contribution in [0, 0.1) is 0 Å². The summed E-state index contributed by atoms with van der Waals surface area (Å²) in [4.78, 5) is 16.2. The zero-order valence-corrected chi connectivity index (χ0v) is 12.3. The lowest BCUT2D eigenvalue weighted by Gasteiger charge is -2.25. The number of rotatable bonds is 3. The van der Waals surface area contributed by atoms with E-state index in [0.29, 0.717) is 17.3 Å². The Hall–Kier alpha value is -1.65. The van der Waals surface area contributed by atoms with Crippen LogP contribution in [-0.2, 0) is 14.8 Å².